The third kappa shape index (κ3) is 2.90. The zero-order valence-electron chi connectivity index (χ0n) is 8.34. The molecule has 0 saturated carbocycles. The molecule has 1 atom stereocenters. The first-order valence-electron chi connectivity index (χ1n) is 4.49. The van der Waals surface area contributed by atoms with Crippen molar-refractivity contribution in [1.82, 2.24) is 0 Å². The van der Waals surface area contributed by atoms with E-state index < -0.39 is 11.9 Å². The van der Waals surface area contributed by atoms with Gasteiger partial charge in [0.25, 0.3) is 0 Å². The first-order chi connectivity index (χ1) is 7.10. The number of nitrogens with two attached hydrogens (primary N) is 1. The predicted octanol–water partition coefficient (Wildman–Crippen LogP) is 1.98. The topological polar surface area (TPSA) is 55.5 Å². The highest BCUT2D eigenvalue weighted by Gasteiger charge is 2.16. The first kappa shape index (κ1) is 12.4. The molecular formula is C10H13BrFNO2. The van der Waals surface area contributed by atoms with Crippen molar-refractivity contribution in [1.29, 1.82) is 0 Å². The van der Waals surface area contributed by atoms with E-state index in [1.54, 1.807) is 6.07 Å². The van der Waals surface area contributed by atoms with Crippen LogP contribution < -0.4 is 10.5 Å². The average Bonchev–Trinajstić information content (AvgIpc) is 2.17. The summed E-state index contributed by atoms with van der Waals surface area (Å²) in [4.78, 5) is 0. The summed E-state index contributed by atoms with van der Waals surface area (Å²) >= 11 is 3.18. The van der Waals surface area contributed by atoms with E-state index in [0.29, 0.717) is 16.5 Å². The largest absolute Gasteiger partial charge is 0.493 e. The van der Waals surface area contributed by atoms with Crippen LogP contribution in [0.5, 0.6) is 5.75 Å². The molecule has 84 valence electrons. The summed E-state index contributed by atoms with van der Waals surface area (Å²) in [5.41, 5.74) is 6.35. The third-order valence-electron chi connectivity index (χ3n) is 2.08. The quantitative estimate of drug-likeness (QED) is 0.885. The maximum atomic E-state index is 13.4. The molecule has 3 N–H and O–H groups in total. The number of halogens is 2. The summed E-state index contributed by atoms with van der Waals surface area (Å²) in [6.45, 7) is -0.0432. The molecule has 3 nitrogen and oxygen atoms in total. The normalized spacial score (nSPS) is 12.6. The number of hydrogen-bond acceptors (Lipinski definition) is 3. The number of ether oxygens (including phenoxy) is 1. The Morgan fingerprint density at radius 3 is 2.80 bits per heavy atom. The van der Waals surface area contributed by atoms with Crippen LogP contribution in [0.4, 0.5) is 4.39 Å². The standard InChI is InChI=1S/C10H13BrFNO2/c1-15-10-7(9(13)2-3-14)4-6(11)5-8(10)12/h4-5,9,14H,2-3,13H2,1H3. The number of rotatable bonds is 4. The Morgan fingerprint density at radius 2 is 2.27 bits per heavy atom. The van der Waals surface area contributed by atoms with Crippen LogP contribution in [0, 0.1) is 5.82 Å². The van der Waals surface area contributed by atoms with Crippen molar-refractivity contribution in [3.05, 3.63) is 28.0 Å². The lowest BCUT2D eigenvalue weighted by molar-refractivity contribution is 0.274. The lowest BCUT2D eigenvalue weighted by Crippen LogP contribution is -2.13. The lowest BCUT2D eigenvalue weighted by Gasteiger charge is -2.15. The Bertz CT molecular complexity index is 346. The highest BCUT2D eigenvalue weighted by Crippen LogP contribution is 2.31. The van der Waals surface area contributed by atoms with E-state index >= 15 is 0 Å². The van der Waals surface area contributed by atoms with Crippen LogP contribution in [0.1, 0.15) is 18.0 Å². The molecule has 15 heavy (non-hydrogen) atoms. The molecule has 0 aliphatic heterocycles. The Hall–Kier alpha value is -0.650. The summed E-state index contributed by atoms with van der Waals surface area (Å²) in [5.74, 6) is -0.325. The maximum absolute atomic E-state index is 13.4. The molecule has 0 fully saturated rings. The number of benzene rings is 1. The zero-order valence-corrected chi connectivity index (χ0v) is 9.92. The second-order valence-electron chi connectivity index (χ2n) is 3.13. The average molecular weight is 278 g/mol. The van der Waals surface area contributed by atoms with Gasteiger partial charge in [0.15, 0.2) is 11.6 Å². The van der Waals surface area contributed by atoms with E-state index in [1.165, 1.54) is 13.2 Å². The molecule has 0 saturated heterocycles. The van der Waals surface area contributed by atoms with Crippen molar-refractivity contribution in [3.63, 3.8) is 0 Å². The third-order valence-corrected chi connectivity index (χ3v) is 2.54. The Morgan fingerprint density at radius 1 is 1.60 bits per heavy atom. The van der Waals surface area contributed by atoms with Crippen molar-refractivity contribution >= 4 is 15.9 Å². The predicted molar refractivity (Wildman–Crippen MR) is 59.3 cm³/mol. The van der Waals surface area contributed by atoms with Crippen LogP contribution in [-0.2, 0) is 0 Å². The fourth-order valence-corrected chi connectivity index (χ4v) is 1.81. The summed E-state index contributed by atoms with van der Waals surface area (Å²) in [7, 11) is 1.39. The van der Waals surface area contributed by atoms with Gasteiger partial charge in [-0.05, 0) is 18.6 Å². The van der Waals surface area contributed by atoms with Gasteiger partial charge >= 0.3 is 0 Å². The number of aliphatic hydroxyl groups excluding tert-OH is 1. The Kier molecular flexibility index (Phi) is 4.50. The molecule has 0 aromatic heterocycles. The van der Waals surface area contributed by atoms with Gasteiger partial charge < -0.3 is 15.6 Å². The van der Waals surface area contributed by atoms with Crippen molar-refractivity contribution in [2.75, 3.05) is 13.7 Å². The first-order valence-corrected chi connectivity index (χ1v) is 5.28. The number of hydrogen-bond donors (Lipinski definition) is 2. The van der Waals surface area contributed by atoms with Crippen molar-refractivity contribution in [2.24, 2.45) is 5.73 Å². The molecule has 0 aliphatic carbocycles. The zero-order chi connectivity index (χ0) is 11.4. The van der Waals surface area contributed by atoms with E-state index in [1.807, 2.05) is 0 Å². The summed E-state index contributed by atoms with van der Waals surface area (Å²) in [5, 5.41) is 8.77. The van der Waals surface area contributed by atoms with Gasteiger partial charge in [-0.3, -0.25) is 0 Å². The Labute approximate surface area is 96.2 Å². The molecule has 0 bridgehead atoms. The van der Waals surface area contributed by atoms with Crippen molar-refractivity contribution in [3.8, 4) is 5.75 Å². The van der Waals surface area contributed by atoms with Gasteiger partial charge in [0.05, 0.1) is 7.11 Å². The van der Waals surface area contributed by atoms with E-state index in [4.69, 9.17) is 15.6 Å². The van der Waals surface area contributed by atoms with Gasteiger partial charge in [0.1, 0.15) is 0 Å². The highest BCUT2D eigenvalue weighted by molar-refractivity contribution is 9.10. The van der Waals surface area contributed by atoms with E-state index in [2.05, 4.69) is 15.9 Å². The van der Waals surface area contributed by atoms with E-state index in [9.17, 15) is 4.39 Å². The Balaban J connectivity index is 3.13. The molecule has 1 aromatic carbocycles. The number of aliphatic hydroxyl groups is 1. The lowest BCUT2D eigenvalue weighted by atomic mass is 10.0. The van der Waals surface area contributed by atoms with Crippen molar-refractivity contribution in [2.45, 2.75) is 12.5 Å². The fourth-order valence-electron chi connectivity index (χ4n) is 1.37. The van der Waals surface area contributed by atoms with Gasteiger partial charge in [-0.2, -0.15) is 0 Å². The van der Waals surface area contributed by atoms with Crippen LogP contribution in [0.2, 0.25) is 0 Å². The minimum Gasteiger partial charge on any atom is -0.493 e. The minimum atomic E-state index is -0.463. The van der Waals surface area contributed by atoms with Crippen LogP contribution in [0.25, 0.3) is 0 Å². The summed E-state index contributed by atoms with van der Waals surface area (Å²) in [6.07, 6.45) is 0.367. The summed E-state index contributed by atoms with van der Waals surface area (Å²) in [6, 6.07) is 2.58. The van der Waals surface area contributed by atoms with Gasteiger partial charge in [-0.25, -0.2) is 4.39 Å². The fraction of sp³-hybridized carbons (Fsp3) is 0.400. The molecule has 5 heteroatoms. The van der Waals surface area contributed by atoms with Gasteiger partial charge in [0, 0.05) is 22.7 Å². The van der Waals surface area contributed by atoms with E-state index in [-0.39, 0.29) is 12.4 Å². The molecular weight excluding hydrogens is 265 g/mol. The molecule has 0 aliphatic rings. The van der Waals surface area contributed by atoms with Crippen LogP contribution >= 0.6 is 15.9 Å². The monoisotopic (exact) mass is 277 g/mol. The minimum absolute atomic E-state index is 0.0432. The molecule has 0 amide bonds. The van der Waals surface area contributed by atoms with Crippen LogP contribution in [0.3, 0.4) is 0 Å². The second-order valence-corrected chi connectivity index (χ2v) is 4.04. The smallest absolute Gasteiger partial charge is 0.166 e. The van der Waals surface area contributed by atoms with Gasteiger partial charge in [-0.15, -0.1) is 0 Å². The van der Waals surface area contributed by atoms with E-state index in [0.717, 1.165) is 0 Å². The molecule has 0 radical (unpaired) electrons. The van der Waals surface area contributed by atoms with Gasteiger partial charge in [-0.1, -0.05) is 15.9 Å². The van der Waals surface area contributed by atoms with Crippen LogP contribution in [0.15, 0.2) is 16.6 Å². The van der Waals surface area contributed by atoms with Crippen LogP contribution in [-0.4, -0.2) is 18.8 Å². The SMILES string of the molecule is COc1c(F)cc(Br)cc1C(N)CCO. The highest BCUT2D eigenvalue weighted by atomic mass is 79.9. The second kappa shape index (κ2) is 5.44. The molecule has 0 spiro atoms. The van der Waals surface area contributed by atoms with Gasteiger partial charge in [0.2, 0.25) is 0 Å². The molecule has 0 heterocycles. The molecule has 1 rings (SSSR count). The van der Waals surface area contributed by atoms with Crippen molar-refractivity contribution < 1.29 is 14.2 Å². The number of methoxy groups -OCH3 is 1. The molecule has 1 unspecified atom stereocenters. The molecule has 1 aromatic rings. The maximum Gasteiger partial charge on any atom is 0.166 e. The summed E-state index contributed by atoms with van der Waals surface area (Å²) < 4.78 is 19.0.